The van der Waals surface area contributed by atoms with E-state index in [-0.39, 0.29) is 15.6 Å². The minimum Gasteiger partial charge on any atom is -0.317 e. The number of halogens is 3. The van der Waals surface area contributed by atoms with Gasteiger partial charge >= 0.3 is 0 Å². The van der Waals surface area contributed by atoms with Crippen LogP contribution in [0.15, 0.2) is 41.3 Å². The Bertz CT molecular complexity index is 1300. The molecule has 1 N–H and O–H groups in total. The number of nitrogens with one attached hydrogen (secondary N) is 1. The van der Waals surface area contributed by atoms with Crippen LogP contribution in [0.5, 0.6) is 0 Å². The molecule has 168 valence electrons. The Morgan fingerprint density at radius 1 is 1.22 bits per heavy atom. The molecule has 12 heteroatoms. The number of hydrogen-bond acceptors (Lipinski definition) is 6. The Hall–Kier alpha value is -2.47. The molecule has 1 aliphatic rings. The molecule has 2 aromatic carbocycles. The monoisotopic (exact) mass is 498 g/mol. The number of aryl methyl sites for hydroxylation is 1. The number of anilines is 1. The van der Waals surface area contributed by atoms with Crippen molar-refractivity contribution in [3.05, 3.63) is 68.6 Å². The van der Waals surface area contributed by atoms with Crippen molar-refractivity contribution in [1.82, 2.24) is 14.5 Å². The summed E-state index contributed by atoms with van der Waals surface area (Å²) < 4.78 is 54.6. The van der Waals surface area contributed by atoms with Crippen molar-refractivity contribution in [2.24, 2.45) is 0 Å². The predicted octanol–water partition coefficient (Wildman–Crippen LogP) is 4.56. The van der Waals surface area contributed by atoms with Gasteiger partial charge in [0.05, 0.1) is 16.6 Å². The van der Waals surface area contributed by atoms with Gasteiger partial charge in [0, 0.05) is 17.6 Å². The molecule has 0 spiro atoms. The summed E-state index contributed by atoms with van der Waals surface area (Å²) in [4.78, 5) is 12.5. The number of benzene rings is 2. The molecular formula is C20H17ClF2N4O3S2. The third-order valence-corrected chi connectivity index (χ3v) is 8.39. The molecule has 1 unspecified atom stereocenters. The zero-order valence-electron chi connectivity index (χ0n) is 16.7. The first-order chi connectivity index (χ1) is 15.2. The van der Waals surface area contributed by atoms with E-state index in [2.05, 4.69) is 15.5 Å². The number of aromatic nitrogens is 2. The quantitative estimate of drug-likeness (QED) is 0.557. The molecule has 2 heterocycles. The lowest BCUT2D eigenvalue weighted by molar-refractivity contribution is 0.102. The van der Waals surface area contributed by atoms with Crippen LogP contribution in [0.1, 0.15) is 39.3 Å². The zero-order chi connectivity index (χ0) is 23.0. The standard InChI is InChI=1S/C20H17ClF2N4O3S2/c1-11-4-6-13(10-14(11)21)32(29,30)27-8-2-3-17(27)19-25-26-20(31-19)18(28)24-16-7-5-12(22)9-15(16)23/h4-7,9-10,17H,2-3,8H2,1H3,(H,24,28). The van der Waals surface area contributed by atoms with E-state index in [9.17, 15) is 22.0 Å². The lowest BCUT2D eigenvalue weighted by atomic mass is 10.2. The first-order valence-electron chi connectivity index (χ1n) is 9.54. The molecule has 1 fully saturated rings. The van der Waals surface area contributed by atoms with Crippen LogP contribution in [0.3, 0.4) is 0 Å². The van der Waals surface area contributed by atoms with Crippen LogP contribution in [-0.2, 0) is 10.0 Å². The second-order valence-corrected chi connectivity index (χ2v) is 10.5. The normalized spacial score (nSPS) is 16.9. The summed E-state index contributed by atoms with van der Waals surface area (Å²) in [6, 6.07) is 6.74. The number of carbonyl (C=O) groups excluding carboxylic acids is 1. The van der Waals surface area contributed by atoms with E-state index < -0.39 is 33.6 Å². The molecule has 0 radical (unpaired) electrons. The highest BCUT2D eigenvalue weighted by molar-refractivity contribution is 7.89. The summed E-state index contributed by atoms with van der Waals surface area (Å²) in [6.45, 7) is 2.07. The molecule has 0 aliphatic carbocycles. The van der Waals surface area contributed by atoms with Gasteiger partial charge in [0.15, 0.2) is 0 Å². The second-order valence-electron chi connectivity index (χ2n) is 7.21. The number of rotatable bonds is 5. The van der Waals surface area contributed by atoms with Crippen molar-refractivity contribution >= 4 is 44.6 Å². The Kier molecular flexibility index (Phi) is 6.26. The number of amides is 1. The predicted molar refractivity (Wildman–Crippen MR) is 116 cm³/mol. The Morgan fingerprint density at radius 3 is 2.72 bits per heavy atom. The first-order valence-corrected chi connectivity index (χ1v) is 12.2. The van der Waals surface area contributed by atoms with Crippen LogP contribution < -0.4 is 5.32 Å². The van der Waals surface area contributed by atoms with Crippen LogP contribution in [0, 0.1) is 18.6 Å². The topological polar surface area (TPSA) is 92.3 Å². The van der Waals surface area contributed by atoms with Gasteiger partial charge < -0.3 is 5.32 Å². The van der Waals surface area contributed by atoms with Crippen molar-refractivity contribution in [2.75, 3.05) is 11.9 Å². The first kappa shape index (κ1) is 22.7. The highest BCUT2D eigenvalue weighted by atomic mass is 35.5. The minimum absolute atomic E-state index is 0.0636. The number of carbonyl (C=O) groups is 1. The molecular weight excluding hydrogens is 482 g/mol. The summed E-state index contributed by atoms with van der Waals surface area (Å²) in [6.07, 6.45) is 1.13. The molecule has 1 atom stereocenters. The molecule has 4 rings (SSSR count). The van der Waals surface area contributed by atoms with E-state index in [4.69, 9.17) is 11.6 Å². The van der Waals surface area contributed by atoms with Gasteiger partial charge in [-0.3, -0.25) is 4.79 Å². The van der Waals surface area contributed by atoms with Crippen molar-refractivity contribution in [1.29, 1.82) is 0 Å². The van der Waals surface area contributed by atoms with E-state index in [0.717, 1.165) is 29.0 Å². The van der Waals surface area contributed by atoms with Crippen molar-refractivity contribution in [2.45, 2.75) is 30.7 Å². The molecule has 1 aliphatic heterocycles. The summed E-state index contributed by atoms with van der Waals surface area (Å²) in [5.74, 6) is -2.42. The van der Waals surface area contributed by atoms with Crippen LogP contribution in [0.4, 0.5) is 14.5 Å². The van der Waals surface area contributed by atoms with Gasteiger partial charge in [-0.15, -0.1) is 10.2 Å². The SMILES string of the molecule is Cc1ccc(S(=O)(=O)N2CCCC2c2nnc(C(=O)Nc3ccc(F)cc3F)s2)cc1Cl. The maximum Gasteiger partial charge on any atom is 0.286 e. The van der Waals surface area contributed by atoms with Crippen LogP contribution in [0.25, 0.3) is 0 Å². The lowest BCUT2D eigenvalue weighted by Crippen LogP contribution is -2.30. The van der Waals surface area contributed by atoms with Gasteiger partial charge in [-0.05, 0) is 49.6 Å². The van der Waals surface area contributed by atoms with E-state index >= 15 is 0 Å². The average Bonchev–Trinajstić information content (AvgIpc) is 3.41. The summed E-state index contributed by atoms with van der Waals surface area (Å²) >= 11 is 7.03. The van der Waals surface area contributed by atoms with Crippen molar-refractivity contribution in [3.63, 3.8) is 0 Å². The zero-order valence-corrected chi connectivity index (χ0v) is 19.1. The number of sulfonamides is 1. The van der Waals surface area contributed by atoms with Crippen LogP contribution in [0.2, 0.25) is 5.02 Å². The Labute approximate surface area is 192 Å². The number of nitrogens with zero attached hydrogens (tertiary/aromatic N) is 3. The maximum atomic E-state index is 13.8. The van der Waals surface area contributed by atoms with Gasteiger partial charge in [-0.2, -0.15) is 4.31 Å². The van der Waals surface area contributed by atoms with E-state index in [1.807, 2.05) is 0 Å². The van der Waals surface area contributed by atoms with Crippen molar-refractivity contribution in [3.8, 4) is 0 Å². The fraction of sp³-hybridized carbons (Fsp3) is 0.250. The summed E-state index contributed by atoms with van der Waals surface area (Å²) in [5.41, 5.74) is 0.565. The number of hydrogen-bond donors (Lipinski definition) is 1. The van der Waals surface area contributed by atoms with Gasteiger partial charge in [-0.25, -0.2) is 17.2 Å². The van der Waals surface area contributed by atoms with Crippen LogP contribution in [-0.4, -0.2) is 35.4 Å². The molecule has 32 heavy (non-hydrogen) atoms. The highest BCUT2D eigenvalue weighted by Crippen LogP contribution is 2.38. The molecule has 0 saturated carbocycles. The van der Waals surface area contributed by atoms with E-state index in [0.29, 0.717) is 35.5 Å². The summed E-state index contributed by atoms with van der Waals surface area (Å²) in [5, 5.41) is 10.8. The van der Waals surface area contributed by atoms with Gasteiger partial charge in [-0.1, -0.05) is 29.0 Å². The van der Waals surface area contributed by atoms with E-state index in [1.165, 1.54) is 16.4 Å². The van der Waals surface area contributed by atoms with E-state index in [1.54, 1.807) is 13.0 Å². The maximum absolute atomic E-state index is 13.8. The molecule has 1 aromatic heterocycles. The molecule has 1 saturated heterocycles. The van der Waals surface area contributed by atoms with Gasteiger partial charge in [0.25, 0.3) is 5.91 Å². The second kappa shape index (κ2) is 8.81. The average molecular weight is 499 g/mol. The van der Waals surface area contributed by atoms with Crippen molar-refractivity contribution < 1.29 is 22.0 Å². The highest BCUT2D eigenvalue weighted by Gasteiger charge is 2.38. The minimum atomic E-state index is -3.84. The van der Waals surface area contributed by atoms with Gasteiger partial charge in [0.1, 0.15) is 16.6 Å². The lowest BCUT2D eigenvalue weighted by Gasteiger charge is -2.22. The summed E-state index contributed by atoms with van der Waals surface area (Å²) in [7, 11) is -3.84. The largest absolute Gasteiger partial charge is 0.317 e. The molecule has 7 nitrogen and oxygen atoms in total. The third-order valence-electron chi connectivity index (χ3n) is 5.05. The fourth-order valence-corrected chi connectivity index (χ4v) is 6.26. The molecule has 3 aromatic rings. The third kappa shape index (κ3) is 4.38. The van der Waals surface area contributed by atoms with Gasteiger partial charge in [0.2, 0.25) is 15.0 Å². The molecule has 0 bridgehead atoms. The van der Waals surface area contributed by atoms with Crippen LogP contribution >= 0.6 is 22.9 Å². The fourth-order valence-electron chi connectivity index (χ4n) is 3.37. The molecule has 1 amide bonds. The smallest absolute Gasteiger partial charge is 0.286 e. The Balaban J connectivity index is 1.56. The Morgan fingerprint density at radius 2 is 2.00 bits per heavy atom.